The van der Waals surface area contributed by atoms with E-state index in [1.165, 1.54) is 0 Å². The van der Waals surface area contributed by atoms with Crippen LogP contribution >= 0.6 is 12.4 Å². The van der Waals surface area contributed by atoms with Crippen LogP contribution in [0.5, 0.6) is 0 Å². The first kappa shape index (κ1) is 22.4. The van der Waals surface area contributed by atoms with Gasteiger partial charge in [-0.05, 0) is 44.4 Å². The minimum absolute atomic E-state index is 0. The molecule has 6 nitrogen and oxygen atoms in total. The predicted molar refractivity (Wildman–Crippen MR) is 104 cm³/mol. The van der Waals surface area contributed by atoms with E-state index in [-0.39, 0.29) is 24.2 Å². The summed E-state index contributed by atoms with van der Waals surface area (Å²) < 4.78 is 5.34. The van der Waals surface area contributed by atoms with Gasteiger partial charge in [0.1, 0.15) is 0 Å². The zero-order chi connectivity index (χ0) is 18.3. The van der Waals surface area contributed by atoms with Crippen molar-refractivity contribution >= 4 is 24.2 Å². The highest BCUT2D eigenvalue weighted by atomic mass is 35.5. The summed E-state index contributed by atoms with van der Waals surface area (Å²) in [6, 6.07) is 7.40. The Morgan fingerprint density at radius 2 is 1.73 bits per heavy atom. The number of nitrogens with one attached hydrogen (secondary N) is 1. The van der Waals surface area contributed by atoms with E-state index in [0.29, 0.717) is 57.8 Å². The second-order valence-electron chi connectivity index (χ2n) is 6.45. The number of ether oxygens (including phenoxy) is 1. The average Bonchev–Trinajstić information content (AvgIpc) is 2.67. The van der Waals surface area contributed by atoms with Gasteiger partial charge >= 0.3 is 0 Å². The van der Waals surface area contributed by atoms with Crippen LogP contribution < -0.4 is 11.1 Å². The fourth-order valence-corrected chi connectivity index (χ4v) is 3.11. The van der Waals surface area contributed by atoms with Crippen LogP contribution in [-0.4, -0.2) is 49.6 Å². The number of carbonyl (C=O) groups is 2. The maximum Gasteiger partial charge on any atom is 0.253 e. The lowest BCUT2D eigenvalue weighted by Crippen LogP contribution is -2.48. The van der Waals surface area contributed by atoms with Gasteiger partial charge in [0.2, 0.25) is 5.91 Å². The van der Waals surface area contributed by atoms with Crippen LogP contribution in [0.2, 0.25) is 0 Å². The molecule has 2 rings (SSSR count). The largest absolute Gasteiger partial charge is 0.381 e. The van der Waals surface area contributed by atoms with Gasteiger partial charge in [-0.1, -0.05) is 12.1 Å². The van der Waals surface area contributed by atoms with Crippen molar-refractivity contribution in [2.75, 3.05) is 32.8 Å². The van der Waals surface area contributed by atoms with Crippen LogP contribution in [0.15, 0.2) is 24.3 Å². The number of benzene rings is 1. The van der Waals surface area contributed by atoms with Gasteiger partial charge in [-0.25, -0.2) is 0 Å². The molecule has 1 aromatic carbocycles. The summed E-state index contributed by atoms with van der Waals surface area (Å²) in [5.41, 5.74) is 6.97. The Balaban J connectivity index is 0.00000338. The molecule has 146 valence electrons. The second kappa shape index (κ2) is 10.5. The van der Waals surface area contributed by atoms with Crippen molar-refractivity contribution in [2.45, 2.75) is 33.2 Å². The fraction of sp³-hybridized carbons (Fsp3) is 0.579. The van der Waals surface area contributed by atoms with Crippen molar-refractivity contribution < 1.29 is 14.3 Å². The molecule has 0 bridgehead atoms. The molecule has 0 atom stereocenters. The molecule has 7 heteroatoms. The summed E-state index contributed by atoms with van der Waals surface area (Å²) in [6.45, 7) is 7.24. The van der Waals surface area contributed by atoms with Crippen molar-refractivity contribution in [1.29, 1.82) is 0 Å². The quantitative estimate of drug-likeness (QED) is 0.753. The van der Waals surface area contributed by atoms with Crippen LogP contribution in [0.3, 0.4) is 0 Å². The molecule has 1 aliphatic heterocycles. The SMILES string of the molecule is CCN(CC)C(=O)c1ccc(CNC(=O)C2(CN)CCOCC2)cc1.Cl. The van der Waals surface area contributed by atoms with E-state index in [0.717, 1.165) is 5.56 Å². The summed E-state index contributed by atoms with van der Waals surface area (Å²) in [6.07, 6.45) is 1.32. The first-order valence-electron chi connectivity index (χ1n) is 9.00. The van der Waals surface area contributed by atoms with Crippen molar-refractivity contribution in [3.63, 3.8) is 0 Å². The van der Waals surface area contributed by atoms with Crippen LogP contribution in [0, 0.1) is 5.41 Å². The Hall–Kier alpha value is -1.63. The number of rotatable bonds is 7. The normalized spacial score (nSPS) is 15.7. The summed E-state index contributed by atoms with van der Waals surface area (Å²) in [5.74, 6) is 0.0199. The van der Waals surface area contributed by atoms with Gasteiger partial charge in [0.15, 0.2) is 0 Å². The average molecular weight is 384 g/mol. The molecule has 0 saturated carbocycles. The van der Waals surface area contributed by atoms with Crippen LogP contribution in [0.1, 0.15) is 42.6 Å². The topological polar surface area (TPSA) is 84.7 Å². The van der Waals surface area contributed by atoms with E-state index >= 15 is 0 Å². The molecule has 1 heterocycles. The zero-order valence-electron chi connectivity index (χ0n) is 15.6. The van der Waals surface area contributed by atoms with E-state index in [2.05, 4.69) is 5.32 Å². The molecule has 26 heavy (non-hydrogen) atoms. The van der Waals surface area contributed by atoms with E-state index < -0.39 is 5.41 Å². The van der Waals surface area contributed by atoms with Crippen LogP contribution in [0.4, 0.5) is 0 Å². The minimum atomic E-state index is -0.517. The van der Waals surface area contributed by atoms with Gasteiger partial charge in [0.05, 0.1) is 5.41 Å². The Labute approximate surface area is 161 Å². The van der Waals surface area contributed by atoms with E-state index in [1.807, 2.05) is 38.1 Å². The number of hydrogen-bond acceptors (Lipinski definition) is 4. The predicted octanol–water partition coefficient (Wildman–Crippen LogP) is 1.96. The highest BCUT2D eigenvalue weighted by Gasteiger charge is 2.38. The number of nitrogens with two attached hydrogens (primary N) is 1. The Kier molecular flexibility index (Phi) is 9.05. The molecular weight excluding hydrogens is 354 g/mol. The molecule has 2 amide bonds. The third-order valence-electron chi connectivity index (χ3n) is 5.03. The summed E-state index contributed by atoms with van der Waals surface area (Å²) in [4.78, 5) is 26.6. The van der Waals surface area contributed by atoms with E-state index in [9.17, 15) is 9.59 Å². The van der Waals surface area contributed by atoms with Gasteiger partial charge in [-0.15, -0.1) is 12.4 Å². The Morgan fingerprint density at radius 3 is 2.23 bits per heavy atom. The maximum atomic E-state index is 12.6. The van der Waals surface area contributed by atoms with E-state index in [1.54, 1.807) is 4.90 Å². The molecule has 0 radical (unpaired) electrons. The molecule has 1 aliphatic rings. The smallest absolute Gasteiger partial charge is 0.253 e. The van der Waals surface area contributed by atoms with E-state index in [4.69, 9.17) is 10.5 Å². The fourth-order valence-electron chi connectivity index (χ4n) is 3.11. The van der Waals surface area contributed by atoms with Crippen molar-refractivity contribution in [3.05, 3.63) is 35.4 Å². The van der Waals surface area contributed by atoms with Gasteiger partial charge in [-0.3, -0.25) is 9.59 Å². The Bertz CT molecular complexity index is 582. The van der Waals surface area contributed by atoms with Gasteiger partial charge < -0.3 is 20.7 Å². The minimum Gasteiger partial charge on any atom is -0.381 e. The lowest BCUT2D eigenvalue weighted by molar-refractivity contribution is -0.136. The van der Waals surface area contributed by atoms with Gasteiger partial charge in [0.25, 0.3) is 5.91 Å². The summed E-state index contributed by atoms with van der Waals surface area (Å²) >= 11 is 0. The zero-order valence-corrected chi connectivity index (χ0v) is 16.4. The number of carbonyl (C=O) groups excluding carboxylic acids is 2. The third kappa shape index (κ3) is 5.19. The molecule has 0 spiro atoms. The molecule has 1 saturated heterocycles. The monoisotopic (exact) mass is 383 g/mol. The molecule has 1 fully saturated rings. The first-order valence-corrected chi connectivity index (χ1v) is 9.00. The third-order valence-corrected chi connectivity index (χ3v) is 5.03. The maximum absolute atomic E-state index is 12.6. The molecule has 1 aromatic rings. The number of hydrogen-bond donors (Lipinski definition) is 2. The number of halogens is 1. The van der Waals surface area contributed by atoms with Crippen LogP contribution in [-0.2, 0) is 16.1 Å². The number of amides is 2. The van der Waals surface area contributed by atoms with Crippen molar-refractivity contribution in [1.82, 2.24) is 10.2 Å². The molecule has 0 unspecified atom stereocenters. The standard InChI is InChI=1S/C19H29N3O3.ClH/c1-3-22(4-2)17(23)16-7-5-15(6-8-16)13-21-18(24)19(14-20)9-11-25-12-10-19;/h5-8H,3-4,9-14,20H2,1-2H3,(H,21,24);1H. The number of nitrogens with zero attached hydrogens (tertiary/aromatic N) is 1. The van der Waals surface area contributed by atoms with Gasteiger partial charge in [-0.2, -0.15) is 0 Å². The first-order chi connectivity index (χ1) is 12.1. The molecule has 0 aliphatic carbocycles. The van der Waals surface area contributed by atoms with Crippen LogP contribution in [0.25, 0.3) is 0 Å². The summed E-state index contributed by atoms with van der Waals surface area (Å²) in [7, 11) is 0. The highest BCUT2D eigenvalue weighted by Crippen LogP contribution is 2.29. The van der Waals surface area contributed by atoms with Crippen molar-refractivity contribution in [2.24, 2.45) is 11.1 Å². The lowest BCUT2D eigenvalue weighted by atomic mass is 9.79. The summed E-state index contributed by atoms with van der Waals surface area (Å²) in [5, 5.41) is 2.98. The molecule has 0 aromatic heterocycles. The highest BCUT2D eigenvalue weighted by molar-refractivity contribution is 5.94. The lowest BCUT2D eigenvalue weighted by Gasteiger charge is -2.34. The van der Waals surface area contributed by atoms with Gasteiger partial charge in [0, 0.05) is 45.0 Å². The second-order valence-corrected chi connectivity index (χ2v) is 6.45. The Morgan fingerprint density at radius 1 is 1.15 bits per heavy atom. The van der Waals surface area contributed by atoms with Crippen molar-refractivity contribution in [3.8, 4) is 0 Å². The molecular formula is C19H30ClN3O3. The molecule has 3 N–H and O–H groups in total.